The minimum atomic E-state index is -1.15. The van der Waals surface area contributed by atoms with Gasteiger partial charge in [-0.15, -0.1) is 0 Å². The van der Waals surface area contributed by atoms with Crippen molar-refractivity contribution in [2.24, 2.45) is 5.41 Å². The molecular formula is C14H24N2O4. The molecule has 0 aliphatic carbocycles. The predicted octanol–water partition coefficient (Wildman–Crippen LogP) is 1.00. The third-order valence-corrected chi connectivity index (χ3v) is 3.63. The predicted molar refractivity (Wildman–Crippen MR) is 74.0 cm³/mol. The monoisotopic (exact) mass is 284 g/mol. The molecule has 0 aromatic rings. The molecule has 1 atom stereocenters. The number of aliphatic carboxylic acids is 1. The Morgan fingerprint density at radius 2 is 2.00 bits per heavy atom. The second-order valence-electron chi connectivity index (χ2n) is 6.60. The minimum absolute atomic E-state index is 0.00229. The number of carboxylic acids is 1. The lowest BCUT2D eigenvalue weighted by atomic mass is 9.92. The summed E-state index contributed by atoms with van der Waals surface area (Å²) in [6, 6.07) is -0.00229. The fourth-order valence-corrected chi connectivity index (χ4v) is 2.47. The molecule has 1 fully saturated rings. The van der Waals surface area contributed by atoms with Gasteiger partial charge in [-0.2, -0.15) is 0 Å². The van der Waals surface area contributed by atoms with E-state index in [4.69, 9.17) is 0 Å². The van der Waals surface area contributed by atoms with E-state index < -0.39 is 16.9 Å². The maximum absolute atomic E-state index is 12.1. The van der Waals surface area contributed by atoms with Crippen molar-refractivity contribution in [2.75, 3.05) is 6.54 Å². The Balaban J connectivity index is 2.77. The van der Waals surface area contributed by atoms with E-state index in [1.807, 2.05) is 13.8 Å². The van der Waals surface area contributed by atoms with Gasteiger partial charge in [0.25, 0.3) is 0 Å². The van der Waals surface area contributed by atoms with Crippen molar-refractivity contribution in [2.45, 2.75) is 59.0 Å². The van der Waals surface area contributed by atoms with Gasteiger partial charge in [0.2, 0.25) is 11.8 Å². The maximum Gasteiger partial charge on any atom is 0.323 e. The fraction of sp³-hybridized carbons (Fsp3) is 0.786. The van der Waals surface area contributed by atoms with Crippen LogP contribution in [0.1, 0.15) is 47.5 Å². The van der Waals surface area contributed by atoms with Gasteiger partial charge in [0.15, 0.2) is 0 Å². The number of likely N-dealkylation sites (tertiary alicyclic amines) is 1. The molecule has 114 valence electrons. The Morgan fingerprint density at radius 1 is 1.45 bits per heavy atom. The Bertz CT molecular complexity index is 431. The van der Waals surface area contributed by atoms with Gasteiger partial charge >= 0.3 is 5.97 Å². The van der Waals surface area contributed by atoms with Gasteiger partial charge in [0, 0.05) is 19.0 Å². The van der Waals surface area contributed by atoms with E-state index in [1.54, 1.807) is 20.8 Å². The molecule has 1 aliphatic rings. The summed E-state index contributed by atoms with van der Waals surface area (Å²) in [5.74, 6) is -1.43. The van der Waals surface area contributed by atoms with Crippen molar-refractivity contribution in [3.05, 3.63) is 0 Å². The molecule has 0 spiro atoms. The highest BCUT2D eigenvalue weighted by Crippen LogP contribution is 2.32. The first kappa shape index (κ1) is 16.6. The van der Waals surface area contributed by atoms with Gasteiger partial charge in [-0.25, -0.2) is 0 Å². The third kappa shape index (κ3) is 3.36. The second-order valence-corrected chi connectivity index (χ2v) is 6.60. The molecule has 0 aromatic carbocycles. The van der Waals surface area contributed by atoms with Crippen LogP contribution in [0.5, 0.6) is 0 Å². The standard InChI is InChI=1S/C14H24N2O4/c1-9(2)15-14(5,12(19)20)6-7-16-10(17)8-13(3,4)11(16)18/h9,15H,6-8H2,1-5H3,(H,19,20). The second kappa shape index (κ2) is 5.52. The number of carbonyl (C=O) groups is 3. The first-order valence-corrected chi connectivity index (χ1v) is 6.85. The Labute approximate surface area is 119 Å². The summed E-state index contributed by atoms with van der Waals surface area (Å²) in [6.07, 6.45) is 0.376. The first-order valence-electron chi connectivity index (χ1n) is 6.85. The molecule has 0 saturated carbocycles. The summed E-state index contributed by atoms with van der Waals surface area (Å²) in [4.78, 5) is 36.5. The van der Waals surface area contributed by atoms with E-state index in [1.165, 1.54) is 4.90 Å². The number of nitrogens with zero attached hydrogens (tertiary/aromatic N) is 1. The molecule has 0 radical (unpaired) electrons. The van der Waals surface area contributed by atoms with Gasteiger partial charge < -0.3 is 5.11 Å². The Hall–Kier alpha value is -1.43. The molecule has 6 heteroatoms. The molecule has 1 aliphatic heterocycles. The van der Waals surface area contributed by atoms with Crippen LogP contribution in [-0.2, 0) is 14.4 Å². The van der Waals surface area contributed by atoms with Crippen molar-refractivity contribution in [3.8, 4) is 0 Å². The molecular weight excluding hydrogens is 260 g/mol. The summed E-state index contributed by atoms with van der Waals surface area (Å²) in [7, 11) is 0. The fourth-order valence-electron chi connectivity index (χ4n) is 2.47. The average Bonchev–Trinajstić information content (AvgIpc) is 2.45. The van der Waals surface area contributed by atoms with Crippen LogP contribution in [0.15, 0.2) is 0 Å². The number of imide groups is 1. The van der Waals surface area contributed by atoms with E-state index >= 15 is 0 Å². The molecule has 0 aromatic heterocycles. The van der Waals surface area contributed by atoms with Crippen LogP contribution in [0.4, 0.5) is 0 Å². The smallest absolute Gasteiger partial charge is 0.323 e. The van der Waals surface area contributed by atoms with E-state index in [0.29, 0.717) is 0 Å². The van der Waals surface area contributed by atoms with Crippen LogP contribution < -0.4 is 5.32 Å². The maximum atomic E-state index is 12.1. The van der Waals surface area contributed by atoms with Crippen molar-refractivity contribution in [1.82, 2.24) is 10.2 Å². The number of rotatable bonds is 6. The van der Waals surface area contributed by atoms with Gasteiger partial charge in [0.05, 0.1) is 5.41 Å². The Morgan fingerprint density at radius 3 is 2.35 bits per heavy atom. The van der Waals surface area contributed by atoms with E-state index in [-0.39, 0.29) is 37.2 Å². The van der Waals surface area contributed by atoms with Crippen LogP contribution in [0, 0.1) is 5.41 Å². The Kier molecular flexibility index (Phi) is 4.59. The zero-order chi connectivity index (χ0) is 15.7. The summed E-state index contributed by atoms with van der Waals surface area (Å²) in [5.41, 5.74) is -1.83. The minimum Gasteiger partial charge on any atom is -0.480 e. The van der Waals surface area contributed by atoms with Crippen LogP contribution in [0.2, 0.25) is 0 Å². The molecule has 1 heterocycles. The van der Waals surface area contributed by atoms with Gasteiger partial charge in [-0.3, -0.25) is 24.6 Å². The molecule has 1 rings (SSSR count). The van der Waals surface area contributed by atoms with Crippen LogP contribution >= 0.6 is 0 Å². The topological polar surface area (TPSA) is 86.7 Å². The van der Waals surface area contributed by atoms with Crippen LogP contribution in [0.3, 0.4) is 0 Å². The summed E-state index contributed by atoms with van der Waals surface area (Å²) < 4.78 is 0. The van der Waals surface area contributed by atoms with Gasteiger partial charge in [-0.05, 0) is 27.2 Å². The van der Waals surface area contributed by atoms with E-state index in [9.17, 15) is 19.5 Å². The lowest BCUT2D eigenvalue weighted by Gasteiger charge is -2.30. The molecule has 20 heavy (non-hydrogen) atoms. The number of hydrogen-bond acceptors (Lipinski definition) is 4. The first-order chi connectivity index (χ1) is 8.99. The van der Waals surface area contributed by atoms with E-state index in [0.717, 1.165) is 0 Å². The molecule has 1 unspecified atom stereocenters. The SMILES string of the molecule is CC(C)NC(C)(CCN1C(=O)CC(C)(C)C1=O)C(=O)O. The van der Waals surface area contributed by atoms with Crippen LogP contribution in [-0.4, -0.2) is 45.9 Å². The number of carbonyl (C=O) groups excluding carboxylic acids is 2. The largest absolute Gasteiger partial charge is 0.480 e. The number of amides is 2. The molecule has 1 saturated heterocycles. The highest BCUT2D eigenvalue weighted by atomic mass is 16.4. The summed E-state index contributed by atoms with van der Waals surface area (Å²) >= 11 is 0. The van der Waals surface area contributed by atoms with Crippen molar-refractivity contribution in [3.63, 3.8) is 0 Å². The number of nitrogens with one attached hydrogen (secondary N) is 1. The zero-order valence-electron chi connectivity index (χ0n) is 12.8. The highest BCUT2D eigenvalue weighted by Gasteiger charge is 2.45. The zero-order valence-corrected chi connectivity index (χ0v) is 12.8. The highest BCUT2D eigenvalue weighted by molar-refractivity contribution is 6.05. The molecule has 6 nitrogen and oxygen atoms in total. The average molecular weight is 284 g/mol. The third-order valence-electron chi connectivity index (χ3n) is 3.63. The van der Waals surface area contributed by atoms with Crippen LogP contribution in [0.25, 0.3) is 0 Å². The summed E-state index contributed by atoms with van der Waals surface area (Å²) in [5, 5.41) is 12.3. The van der Waals surface area contributed by atoms with Crippen molar-refractivity contribution >= 4 is 17.8 Å². The lowest BCUT2D eigenvalue weighted by molar-refractivity contribution is -0.147. The number of carboxylic acid groups (broad SMARTS) is 1. The number of hydrogen-bond donors (Lipinski definition) is 2. The summed E-state index contributed by atoms with van der Waals surface area (Å²) in [6.45, 7) is 8.88. The lowest BCUT2D eigenvalue weighted by Crippen LogP contribution is -2.54. The van der Waals surface area contributed by atoms with E-state index in [2.05, 4.69) is 5.32 Å². The normalized spacial score (nSPS) is 21.4. The van der Waals surface area contributed by atoms with Crippen molar-refractivity contribution < 1.29 is 19.5 Å². The van der Waals surface area contributed by atoms with Crippen molar-refractivity contribution in [1.29, 1.82) is 0 Å². The molecule has 2 N–H and O–H groups in total. The van der Waals surface area contributed by atoms with Gasteiger partial charge in [0.1, 0.15) is 5.54 Å². The quantitative estimate of drug-likeness (QED) is 0.711. The molecule has 0 bridgehead atoms. The van der Waals surface area contributed by atoms with Gasteiger partial charge in [-0.1, -0.05) is 13.8 Å². The molecule has 2 amide bonds.